The predicted molar refractivity (Wildman–Crippen MR) is 121 cm³/mol. The Morgan fingerprint density at radius 2 is 1.84 bits per heavy atom. The van der Waals surface area contributed by atoms with Gasteiger partial charge < -0.3 is 14.0 Å². The SMILES string of the molecule is CN(C(=O)Cc1c(-c2ccc(OCCF)cc2)nc2ccc(Cl)cn12)c1ccccc1. The lowest BCUT2D eigenvalue weighted by Crippen LogP contribution is -2.28. The Kier molecular flexibility index (Phi) is 6.18. The first-order valence-corrected chi connectivity index (χ1v) is 10.2. The highest BCUT2D eigenvalue weighted by atomic mass is 35.5. The van der Waals surface area contributed by atoms with Crippen LogP contribution in [0.5, 0.6) is 5.75 Å². The molecular weight excluding hydrogens is 417 g/mol. The number of hydrogen-bond donors (Lipinski definition) is 0. The average molecular weight is 438 g/mol. The Balaban J connectivity index is 1.71. The molecule has 0 bridgehead atoms. The first-order valence-electron chi connectivity index (χ1n) is 9.84. The first-order chi connectivity index (χ1) is 15.1. The summed E-state index contributed by atoms with van der Waals surface area (Å²) in [4.78, 5) is 19.5. The molecule has 2 aromatic heterocycles. The Hall–Kier alpha value is -3.38. The smallest absolute Gasteiger partial charge is 0.232 e. The second-order valence-electron chi connectivity index (χ2n) is 7.01. The van der Waals surface area contributed by atoms with Crippen molar-refractivity contribution in [3.63, 3.8) is 0 Å². The van der Waals surface area contributed by atoms with Crippen LogP contribution in [0.3, 0.4) is 0 Å². The Labute approximate surface area is 184 Å². The highest BCUT2D eigenvalue weighted by molar-refractivity contribution is 6.30. The molecule has 2 heterocycles. The maximum absolute atomic E-state index is 13.1. The minimum Gasteiger partial charge on any atom is -0.491 e. The van der Waals surface area contributed by atoms with Gasteiger partial charge in [-0.15, -0.1) is 0 Å². The van der Waals surface area contributed by atoms with Gasteiger partial charge in [-0.1, -0.05) is 29.8 Å². The summed E-state index contributed by atoms with van der Waals surface area (Å²) in [5.74, 6) is 0.506. The van der Waals surface area contributed by atoms with Crippen molar-refractivity contribution in [2.75, 3.05) is 25.2 Å². The maximum atomic E-state index is 13.1. The summed E-state index contributed by atoms with van der Waals surface area (Å²) in [6, 6.07) is 20.3. The summed E-state index contributed by atoms with van der Waals surface area (Å²) in [5, 5.41) is 0.552. The van der Waals surface area contributed by atoms with Crippen molar-refractivity contribution in [3.05, 3.63) is 83.6 Å². The van der Waals surface area contributed by atoms with Gasteiger partial charge in [0.05, 0.1) is 22.8 Å². The van der Waals surface area contributed by atoms with Crippen LogP contribution in [0.25, 0.3) is 16.9 Å². The summed E-state index contributed by atoms with van der Waals surface area (Å²) >= 11 is 6.22. The molecule has 0 aliphatic rings. The summed E-state index contributed by atoms with van der Waals surface area (Å²) < 4.78 is 19.5. The van der Waals surface area contributed by atoms with E-state index in [4.69, 9.17) is 21.3 Å². The molecular formula is C24H21ClFN3O2. The summed E-state index contributed by atoms with van der Waals surface area (Å²) in [6.07, 6.45) is 1.90. The number of ether oxygens (including phenoxy) is 1. The van der Waals surface area contributed by atoms with Crippen molar-refractivity contribution < 1.29 is 13.9 Å². The van der Waals surface area contributed by atoms with Gasteiger partial charge in [0.25, 0.3) is 0 Å². The molecule has 5 nitrogen and oxygen atoms in total. The number of likely N-dealkylation sites (N-methyl/N-ethyl adjacent to an activating group) is 1. The zero-order valence-electron chi connectivity index (χ0n) is 17.0. The summed E-state index contributed by atoms with van der Waals surface area (Å²) in [5.41, 5.74) is 3.77. The number of hydrogen-bond acceptors (Lipinski definition) is 3. The van der Waals surface area contributed by atoms with Crippen molar-refractivity contribution >= 4 is 28.8 Å². The van der Waals surface area contributed by atoms with Crippen molar-refractivity contribution in [2.45, 2.75) is 6.42 Å². The highest BCUT2D eigenvalue weighted by Gasteiger charge is 2.20. The lowest BCUT2D eigenvalue weighted by Gasteiger charge is -2.17. The fourth-order valence-electron chi connectivity index (χ4n) is 3.39. The van der Waals surface area contributed by atoms with E-state index in [1.54, 1.807) is 36.3 Å². The first kappa shape index (κ1) is 20.9. The summed E-state index contributed by atoms with van der Waals surface area (Å²) in [7, 11) is 1.75. The number of anilines is 1. The van der Waals surface area contributed by atoms with Gasteiger partial charge in [-0.2, -0.15) is 0 Å². The number of imidazole rings is 1. The number of carbonyl (C=O) groups is 1. The van der Waals surface area contributed by atoms with E-state index >= 15 is 0 Å². The van der Waals surface area contributed by atoms with Gasteiger partial charge >= 0.3 is 0 Å². The minimum absolute atomic E-state index is 0.0117. The summed E-state index contributed by atoms with van der Waals surface area (Å²) in [6.45, 7) is -0.534. The molecule has 7 heteroatoms. The van der Waals surface area contributed by atoms with Crippen LogP contribution >= 0.6 is 11.6 Å². The van der Waals surface area contributed by atoms with E-state index in [0.29, 0.717) is 22.1 Å². The lowest BCUT2D eigenvalue weighted by molar-refractivity contribution is -0.117. The van der Waals surface area contributed by atoms with Gasteiger partial charge in [0.15, 0.2) is 0 Å². The average Bonchev–Trinajstić information content (AvgIpc) is 3.15. The van der Waals surface area contributed by atoms with Crippen LogP contribution in [0, 0.1) is 0 Å². The molecule has 0 saturated heterocycles. The number of fused-ring (bicyclic) bond motifs is 1. The third-order valence-corrected chi connectivity index (χ3v) is 5.21. The number of pyridine rings is 1. The molecule has 0 aliphatic heterocycles. The van der Waals surface area contributed by atoms with Gasteiger partial charge in [-0.25, -0.2) is 9.37 Å². The number of benzene rings is 2. The molecule has 0 unspecified atom stereocenters. The Bertz CT molecular complexity index is 1190. The van der Waals surface area contributed by atoms with E-state index < -0.39 is 6.67 Å². The van der Waals surface area contributed by atoms with E-state index in [-0.39, 0.29) is 18.9 Å². The second-order valence-corrected chi connectivity index (χ2v) is 7.45. The molecule has 31 heavy (non-hydrogen) atoms. The molecule has 158 valence electrons. The van der Waals surface area contributed by atoms with Crippen molar-refractivity contribution in [2.24, 2.45) is 0 Å². The van der Waals surface area contributed by atoms with Crippen LogP contribution in [0.2, 0.25) is 5.02 Å². The van der Waals surface area contributed by atoms with Crippen LogP contribution in [-0.4, -0.2) is 35.6 Å². The number of rotatable bonds is 7. The number of aromatic nitrogens is 2. The van der Waals surface area contributed by atoms with E-state index in [1.165, 1.54) is 0 Å². The van der Waals surface area contributed by atoms with Gasteiger partial charge in [-0.3, -0.25) is 4.79 Å². The molecule has 0 radical (unpaired) electrons. The van der Waals surface area contributed by atoms with Gasteiger partial charge in [0.1, 0.15) is 24.7 Å². The van der Waals surface area contributed by atoms with Gasteiger partial charge in [0, 0.05) is 24.5 Å². The van der Waals surface area contributed by atoms with Crippen molar-refractivity contribution in [3.8, 4) is 17.0 Å². The zero-order chi connectivity index (χ0) is 21.8. The largest absolute Gasteiger partial charge is 0.491 e. The standard InChI is InChI=1S/C24H21ClFN3O2/c1-28(19-5-3-2-4-6-19)23(30)15-21-24(27-22-12-9-18(25)16-29(21)22)17-7-10-20(11-8-17)31-14-13-26/h2-12,16H,13-15H2,1H3. The second kappa shape index (κ2) is 9.18. The number of amides is 1. The Morgan fingerprint density at radius 1 is 1.10 bits per heavy atom. The van der Waals surface area contributed by atoms with E-state index in [1.807, 2.05) is 52.9 Å². The fourth-order valence-corrected chi connectivity index (χ4v) is 3.55. The number of alkyl halides is 1. The van der Waals surface area contributed by atoms with Crippen molar-refractivity contribution in [1.29, 1.82) is 0 Å². The van der Waals surface area contributed by atoms with E-state index in [9.17, 15) is 9.18 Å². The molecule has 0 spiro atoms. The molecule has 1 amide bonds. The number of nitrogens with zero attached hydrogens (tertiary/aromatic N) is 3. The molecule has 4 aromatic rings. The molecule has 0 atom stereocenters. The monoisotopic (exact) mass is 437 g/mol. The Morgan fingerprint density at radius 3 is 2.55 bits per heavy atom. The van der Waals surface area contributed by atoms with Crippen molar-refractivity contribution in [1.82, 2.24) is 9.38 Å². The highest BCUT2D eigenvalue weighted by Crippen LogP contribution is 2.28. The number of carbonyl (C=O) groups excluding carboxylic acids is 1. The van der Waals surface area contributed by atoms with Crippen LogP contribution in [0.1, 0.15) is 5.69 Å². The quantitative estimate of drug-likeness (QED) is 0.399. The van der Waals surface area contributed by atoms with E-state index in [2.05, 4.69) is 0 Å². The topological polar surface area (TPSA) is 46.8 Å². The van der Waals surface area contributed by atoms with Crippen LogP contribution < -0.4 is 9.64 Å². The molecule has 2 aromatic carbocycles. The third-order valence-electron chi connectivity index (χ3n) is 4.99. The number of para-hydroxylation sites is 1. The molecule has 0 saturated carbocycles. The molecule has 0 fully saturated rings. The zero-order valence-corrected chi connectivity index (χ0v) is 17.7. The molecule has 4 rings (SSSR count). The van der Waals surface area contributed by atoms with E-state index in [0.717, 1.165) is 16.9 Å². The lowest BCUT2D eigenvalue weighted by atomic mass is 10.1. The molecule has 0 N–H and O–H groups in total. The third kappa shape index (κ3) is 4.54. The van der Waals surface area contributed by atoms with Crippen LogP contribution in [0.4, 0.5) is 10.1 Å². The van der Waals surface area contributed by atoms with Gasteiger partial charge in [0.2, 0.25) is 5.91 Å². The normalized spacial score (nSPS) is 10.9. The van der Waals surface area contributed by atoms with Crippen LogP contribution in [0.15, 0.2) is 72.9 Å². The minimum atomic E-state index is -0.545. The van der Waals surface area contributed by atoms with Gasteiger partial charge in [-0.05, 0) is 48.5 Å². The molecule has 0 aliphatic carbocycles. The maximum Gasteiger partial charge on any atom is 0.232 e. The number of halogens is 2. The fraction of sp³-hybridized carbons (Fsp3) is 0.167. The van der Waals surface area contributed by atoms with Crippen LogP contribution in [-0.2, 0) is 11.2 Å². The predicted octanol–water partition coefficient (Wildman–Crippen LogP) is 5.21.